The van der Waals surface area contributed by atoms with Crippen LogP contribution in [-0.4, -0.2) is 15.9 Å². The molecule has 5 heteroatoms. The maximum atomic E-state index is 12.7. The minimum absolute atomic E-state index is 0.139. The van der Waals surface area contributed by atoms with E-state index in [2.05, 4.69) is 21.4 Å². The highest BCUT2D eigenvalue weighted by molar-refractivity contribution is 6.30. The molecule has 1 N–H and O–H groups in total. The summed E-state index contributed by atoms with van der Waals surface area (Å²) >= 11 is 5.92. The fourth-order valence-electron chi connectivity index (χ4n) is 4.90. The quantitative estimate of drug-likeness (QED) is 0.633. The summed E-state index contributed by atoms with van der Waals surface area (Å²) in [5, 5.41) is 4.90. The fraction of sp³-hybridized carbons (Fsp3) is 0.348. The van der Waals surface area contributed by atoms with E-state index in [0.717, 1.165) is 43.3 Å². The predicted octanol–water partition coefficient (Wildman–Crippen LogP) is 5.59. The van der Waals surface area contributed by atoms with Gasteiger partial charge in [-0.3, -0.25) is 14.8 Å². The molecule has 28 heavy (non-hydrogen) atoms. The van der Waals surface area contributed by atoms with Crippen LogP contribution in [0.15, 0.2) is 55.0 Å². The Bertz CT molecular complexity index is 1020. The van der Waals surface area contributed by atoms with Crippen LogP contribution in [0.1, 0.15) is 43.6 Å². The Morgan fingerprint density at radius 2 is 1.86 bits per heavy atom. The van der Waals surface area contributed by atoms with Gasteiger partial charge in [0.05, 0.1) is 5.52 Å². The number of amides is 1. The topological polar surface area (TPSA) is 54.9 Å². The standard InChI is InChI=1S/C23H22ClN3O/c24-16-1-3-17(4-2-16)27-22(28)20-13-23(20)9-5-15(6-10-23)18-7-12-26-21-8-11-25-14-19(18)21/h1-4,7-8,11-12,14-15,20H,5-6,9-10,13H2,(H,27,28)/t15-,20-,23+/m1/s1. The fourth-order valence-corrected chi connectivity index (χ4v) is 5.03. The van der Waals surface area contributed by atoms with Crippen molar-refractivity contribution in [1.29, 1.82) is 0 Å². The van der Waals surface area contributed by atoms with Gasteiger partial charge in [-0.25, -0.2) is 0 Å². The first-order chi connectivity index (χ1) is 13.6. The zero-order valence-corrected chi connectivity index (χ0v) is 16.3. The van der Waals surface area contributed by atoms with Crippen molar-refractivity contribution in [2.24, 2.45) is 11.3 Å². The van der Waals surface area contributed by atoms with Crippen LogP contribution in [0.3, 0.4) is 0 Å². The molecule has 2 heterocycles. The number of carbonyl (C=O) groups is 1. The lowest BCUT2D eigenvalue weighted by molar-refractivity contribution is -0.118. The van der Waals surface area contributed by atoms with Crippen molar-refractivity contribution in [2.75, 3.05) is 5.32 Å². The number of nitrogens with zero attached hydrogens (tertiary/aromatic N) is 2. The van der Waals surface area contributed by atoms with Gasteiger partial charge in [0.15, 0.2) is 0 Å². The third-order valence-electron chi connectivity index (χ3n) is 6.62. The highest BCUT2D eigenvalue weighted by Crippen LogP contribution is 2.63. The number of carbonyl (C=O) groups excluding carboxylic acids is 1. The van der Waals surface area contributed by atoms with Gasteiger partial charge in [-0.15, -0.1) is 0 Å². The largest absolute Gasteiger partial charge is 0.326 e. The van der Waals surface area contributed by atoms with Gasteiger partial charge in [0.1, 0.15) is 0 Å². The SMILES string of the molecule is O=C(Nc1ccc(Cl)cc1)[C@H]1C[C@]12CC[C@H](c1ccnc3ccncc31)CC2. The molecule has 4 nitrogen and oxygen atoms in total. The highest BCUT2D eigenvalue weighted by Gasteiger charge is 2.58. The first-order valence-electron chi connectivity index (χ1n) is 9.90. The second-order valence-corrected chi connectivity index (χ2v) is 8.62. The Morgan fingerprint density at radius 1 is 1.07 bits per heavy atom. The van der Waals surface area contributed by atoms with Crippen LogP contribution in [0, 0.1) is 11.3 Å². The number of hydrogen-bond donors (Lipinski definition) is 1. The summed E-state index contributed by atoms with van der Waals surface area (Å²) in [5.41, 5.74) is 3.39. The average molecular weight is 392 g/mol. The number of aromatic nitrogens is 2. The minimum Gasteiger partial charge on any atom is -0.326 e. The number of nitrogens with one attached hydrogen (secondary N) is 1. The molecule has 0 radical (unpaired) electrons. The van der Waals surface area contributed by atoms with E-state index in [9.17, 15) is 4.79 Å². The smallest absolute Gasteiger partial charge is 0.228 e. The highest BCUT2D eigenvalue weighted by atomic mass is 35.5. The number of hydrogen-bond acceptors (Lipinski definition) is 3. The molecule has 2 aliphatic carbocycles. The maximum Gasteiger partial charge on any atom is 0.228 e. The molecule has 142 valence electrons. The summed E-state index contributed by atoms with van der Waals surface area (Å²) in [6.45, 7) is 0. The summed E-state index contributed by atoms with van der Waals surface area (Å²) in [4.78, 5) is 21.4. The zero-order valence-electron chi connectivity index (χ0n) is 15.6. The van der Waals surface area contributed by atoms with Crippen molar-refractivity contribution < 1.29 is 4.79 Å². The maximum absolute atomic E-state index is 12.7. The average Bonchev–Trinajstić information content (AvgIpc) is 3.43. The van der Waals surface area contributed by atoms with Crippen molar-refractivity contribution in [1.82, 2.24) is 9.97 Å². The van der Waals surface area contributed by atoms with Gasteiger partial charge in [-0.2, -0.15) is 0 Å². The van der Waals surface area contributed by atoms with E-state index in [4.69, 9.17) is 11.6 Å². The van der Waals surface area contributed by atoms with E-state index in [-0.39, 0.29) is 17.2 Å². The van der Waals surface area contributed by atoms with E-state index in [1.807, 2.05) is 30.6 Å². The molecular formula is C23H22ClN3O. The van der Waals surface area contributed by atoms with Crippen LogP contribution in [0.2, 0.25) is 5.02 Å². The molecule has 2 aliphatic rings. The Balaban J connectivity index is 1.25. The molecule has 2 aromatic heterocycles. The van der Waals surface area contributed by atoms with Crippen LogP contribution in [-0.2, 0) is 4.79 Å². The Morgan fingerprint density at radius 3 is 2.64 bits per heavy atom. The van der Waals surface area contributed by atoms with Crippen molar-refractivity contribution in [3.05, 3.63) is 65.6 Å². The lowest BCUT2D eigenvalue weighted by Gasteiger charge is -2.30. The van der Waals surface area contributed by atoms with Gasteiger partial charge >= 0.3 is 0 Å². The lowest BCUT2D eigenvalue weighted by Crippen LogP contribution is -2.22. The molecular weight excluding hydrogens is 370 g/mol. The van der Waals surface area contributed by atoms with E-state index in [1.165, 1.54) is 10.9 Å². The third-order valence-corrected chi connectivity index (χ3v) is 6.87. The number of halogens is 1. The van der Waals surface area contributed by atoms with Crippen LogP contribution in [0.5, 0.6) is 0 Å². The van der Waals surface area contributed by atoms with Crippen molar-refractivity contribution in [3.63, 3.8) is 0 Å². The van der Waals surface area contributed by atoms with Crippen molar-refractivity contribution >= 4 is 34.1 Å². The normalized spacial score (nSPS) is 26.3. The van der Waals surface area contributed by atoms with Gasteiger partial charge in [0, 0.05) is 40.6 Å². The molecule has 3 aromatic rings. The lowest BCUT2D eigenvalue weighted by atomic mass is 9.75. The number of anilines is 1. The van der Waals surface area contributed by atoms with Gasteiger partial charge in [-0.05, 0) is 85.4 Å². The number of fused-ring (bicyclic) bond motifs is 1. The van der Waals surface area contributed by atoms with Gasteiger partial charge in [0.25, 0.3) is 0 Å². The van der Waals surface area contributed by atoms with Crippen LogP contribution < -0.4 is 5.32 Å². The van der Waals surface area contributed by atoms with Gasteiger partial charge < -0.3 is 5.32 Å². The Kier molecular flexibility index (Phi) is 4.31. The zero-order chi connectivity index (χ0) is 19.1. The second-order valence-electron chi connectivity index (χ2n) is 8.18. The molecule has 1 atom stereocenters. The molecule has 2 saturated carbocycles. The molecule has 2 fully saturated rings. The van der Waals surface area contributed by atoms with Crippen molar-refractivity contribution in [2.45, 2.75) is 38.0 Å². The van der Waals surface area contributed by atoms with Crippen LogP contribution in [0.25, 0.3) is 10.9 Å². The molecule has 0 saturated heterocycles. The molecule has 1 aromatic carbocycles. The van der Waals surface area contributed by atoms with Crippen LogP contribution >= 0.6 is 11.6 Å². The molecule has 1 spiro atoms. The van der Waals surface area contributed by atoms with E-state index in [0.29, 0.717) is 10.9 Å². The molecule has 0 aliphatic heterocycles. The second kappa shape index (κ2) is 6.85. The first kappa shape index (κ1) is 17.6. The number of benzene rings is 1. The molecule has 1 amide bonds. The number of pyridine rings is 2. The summed E-state index contributed by atoms with van der Waals surface area (Å²) in [6.07, 6.45) is 11.1. The first-order valence-corrected chi connectivity index (χ1v) is 10.3. The summed E-state index contributed by atoms with van der Waals surface area (Å²) < 4.78 is 0. The van der Waals surface area contributed by atoms with Gasteiger partial charge in [0.2, 0.25) is 5.91 Å². The van der Waals surface area contributed by atoms with E-state index < -0.39 is 0 Å². The van der Waals surface area contributed by atoms with Gasteiger partial charge in [-0.1, -0.05) is 11.6 Å². The number of rotatable bonds is 3. The van der Waals surface area contributed by atoms with E-state index >= 15 is 0 Å². The predicted molar refractivity (Wildman–Crippen MR) is 111 cm³/mol. The minimum atomic E-state index is 0.139. The Labute approximate surface area is 169 Å². The molecule has 0 unspecified atom stereocenters. The Hall–Kier alpha value is -2.46. The van der Waals surface area contributed by atoms with Crippen molar-refractivity contribution in [3.8, 4) is 0 Å². The summed E-state index contributed by atoms with van der Waals surface area (Å²) in [7, 11) is 0. The molecule has 0 bridgehead atoms. The molecule has 5 rings (SSSR count). The summed E-state index contributed by atoms with van der Waals surface area (Å²) in [5.74, 6) is 0.820. The van der Waals surface area contributed by atoms with E-state index in [1.54, 1.807) is 18.3 Å². The third kappa shape index (κ3) is 3.16. The summed E-state index contributed by atoms with van der Waals surface area (Å²) in [6, 6.07) is 11.4. The van der Waals surface area contributed by atoms with Crippen LogP contribution in [0.4, 0.5) is 5.69 Å². The monoisotopic (exact) mass is 391 g/mol.